The van der Waals surface area contributed by atoms with Gasteiger partial charge in [-0.3, -0.25) is 19.9 Å². The zero-order valence-electron chi connectivity index (χ0n) is 21.6. The van der Waals surface area contributed by atoms with Crippen molar-refractivity contribution in [2.24, 2.45) is 0 Å². The van der Waals surface area contributed by atoms with E-state index in [4.69, 9.17) is 4.98 Å². The van der Waals surface area contributed by atoms with Gasteiger partial charge in [-0.25, -0.2) is 9.37 Å². The smallest absolute Gasteiger partial charge is 0.228 e. The fourth-order valence-corrected chi connectivity index (χ4v) is 4.93. The van der Waals surface area contributed by atoms with Crippen molar-refractivity contribution in [3.05, 3.63) is 115 Å². The fraction of sp³-hybridized carbons (Fsp3) is 0.0312. The number of nitrogens with one attached hydrogen (secondary N) is 3. The molecule has 8 nitrogen and oxygen atoms in total. The predicted octanol–water partition coefficient (Wildman–Crippen LogP) is 6.55. The van der Waals surface area contributed by atoms with Crippen LogP contribution in [0.3, 0.4) is 0 Å². The van der Waals surface area contributed by atoms with Crippen LogP contribution in [0.4, 0.5) is 10.1 Å². The van der Waals surface area contributed by atoms with Gasteiger partial charge in [0.15, 0.2) is 0 Å². The number of aromatic amines is 2. The second-order valence-electron chi connectivity index (χ2n) is 9.65. The molecule has 9 heteroatoms. The monoisotopic (exact) mass is 539 g/mol. The molecule has 5 aromatic heterocycles. The average Bonchev–Trinajstić information content (AvgIpc) is 3.61. The SMILES string of the molecule is O=C(Cc1ccccc1)Nc1cncc(-c2ccc3[nH]nc(-c4cc5c(-c6cccc(F)c6)nccc5[nH]4)c3n2)c1. The van der Waals surface area contributed by atoms with Crippen molar-refractivity contribution < 1.29 is 9.18 Å². The Morgan fingerprint density at radius 3 is 2.63 bits per heavy atom. The first-order chi connectivity index (χ1) is 20.1. The van der Waals surface area contributed by atoms with Gasteiger partial charge in [-0.2, -0.15) is 5.10 Å². The van der Waals surface area contributed by atoms with Crippen LogP contribution >= 0.6 is 0 Å². The molecule has 0 spiro atoms. The number of amides is 1. The summed E-state index contributed by atoms with van der Waals surface area (Å²) in [4.78, 5) is 29.7. The van der Waals surface area contributed by atoms with Gasteiger partial charge in [-0.05, 0) is 48.0 Å². The predicted molar refractivity (Wildman–Crippen MR) is 156 cm³/mol. The molecular weight excluding hydrogens is 517 g/mol. The van der Waals surface area contributed by atoms with Crippen LogP contribution in [0.25, 0.3) is 55.8 Å². The quantitative estimate of drug-likeness (QED) is 0.222. The minimum atomic E-state index is -0.318. The second-order valence-corrected chi connectivity index (χ2v) is 9.65. The summed E-state index contributed by atoms with van der Waals surface area (Å²) in [6.45, 7) is 0. The van der Waals surface area contributed by atoms with E-state index in [1.165, 1.54) is 12.1 Å². The van der Waals surface area contributed by atoms with Crippen LogP contribution in [0.5, 0.6) is 0 Å². The summed E-state index contributed by atoms with van der Waals surface area (Å²) in [5.74, 6) is -0.442. The molecule has 7 aromatic rings. The molecule has 0 radical (unpaired) electrons. The molecule has 1 amide bonds. The van der Waals surface area contributed by atoms with Gasteiger partial charge in [0.25, 0.3) is 0 Å². The highest BCUT2D eigenvalue weighted by Crippen LogP contribution is 2.33. The second kappa shape index (κ2) is 10.1. The largest absolute Gasteiger partial charge is 0.353 e. The van der Waals surface area contributed by atoms with E-state index in [2.05, 4.69) is 30.5 Å². The molecule has 0 aliphatic carbocycles. The molecule has 7 rings (SSSR count). The Morgan fingerprint density at radius 2 is 1.76 bits per heavy atom. The van der Waals surface area contributed by atoms with Gasteiger partial charge in [0, 0.05) is 34.4 Å². The first-order valence-corrected chi connectivity index (χ1v) is 13.0. The van der Waals surface area contributed by atoms with Gasteiger partial charge in [0.05, 0.1) is 40.9 Å². The highest BCUT2D eigenvalue weighted by atomic mass is 19.1. The third kappa shape index (κ3) is 4.80. The summed E-state index contributed by atoms with van der Waals surface area (Å²) in [6.07, 6.45) is 5.29. The Labute approximate surface area is 233 Å². The van der Waals surface area contributed by atoms with E-state index in [1.807, 2.05) is 66.7 Å². The van der Waals surface area contributed by atoms with Gasteiger partial charge < -0.3 is 10.3 Å². The van der Waals surface area contributed by atoms with Gasteiger partial charge in [0.1, 0.15) is 17.0 Å². The topological polar surface area (TPSA) is 112 Å². The van der Waals surface area contributed by atoms with Crippen LogP contribution in [0, 0.1) is 5.82 Å². The van der Waals surface area contributed by atoms with Crippen molar-refractivity contribution in [1.82, 2.24) is 30.1 Å². The van der Waals surface area contributed by atoms with Crippen molar-refractivity contribution in [3.8, 4) is 33.9 Å². The number of halogens is 1. The molecule has 0 atom stereocenters. The van der Waals surface area contributed by atoms with Crippen LogP contribution in [0.1, 0.15) is 5.56 Å². The molecule has 3 N–H and O–H groups in total. The van der Waals surface area contributed by atoms with Crippen molar-refractivity contribution >= 4 is 33.5 Å². The average molecular weight is 540 g/mol. The summed E-state index contributed by atoms with van der Waals surface area (Å²) in [5, 5.41) is 11.4. The summed E-state index contributed by atoms with van der Waals surface area (Å²) in [5.41, 5.74) is 8.02. The molecule has 2 aromatic carbocycles. The minimum absolute atomic E-state index is 0.124. The normalized spacial score (nSPS) is 11.2. The minimum Gasteiger partial charge on any atom is -0.353 e. The van der Waals surface area contributed by atoms with E-state index in [0.29, 0.717) is 33.8 Å². The molecule has 0 unspecified atom stereocenters. The molecule has 198 valence electrons. The third-order valence-corrected chi connectivity index (χ3v) is 6.83. The molecule has 41 heavy (non-hydrogen) atoms. The Kier molecular flexibility index (Phi) is 6.01. The first-order valence-electron chi connectivity index (χ1n) is 13.0. The number of nitrogens with zero attached hydrogens (tertiary/aromatic N) is 4. The van der Waals surface area contributed by atoms with E-state index in [1.54, 1.807) is 24.7 Å². The molecule has 0 saturated carbocycles. The summed E-state index contributed by atoms with van der Waals surface area (Å²) >= 11 is 0. The fourth-order valence-electron chi connectivity index (χ4n) is 4.93. The highest BCUT2D eigenvalue weighted by Gasteiger charge is 2.16. The molecule has 0 saturated heterocycles. The number of anilines is 1. The Balaban J connectivity index is 1.21. The van der Waals surface area contributed by atoms with Crippen molar-refractivity contribution in [2.45, 2.75) is 6.42 Å². The van der Waals surface area contributed by atoms with Gasteiger partial charge in [0.2, 0.25) is 5.91 Å². The van der Waals surface area contributed by atoms with E-state index in [-0.39, 0.29) is 18.1 Å². The van der Waals surface area contributed by atoms with E-state index >= 15 is 0 Å². The number of fused-ring (bicyclic) bond motifs is 2. The van der Waals surface area contributed by atoms with Crippen LogP contribution in [0.15, 0.2) is 104 Å². The molecule has 0 aliphatic rings. The number of aromatic nitrogens is 6. The van der Waals surface area contributed by atoms with Crippen LogP contribution in [-0.2, 0) is 11.2 Å². The zero-order valence-corrected chi connectivity index (χ0v) is 21.6. The van der Waals surface area contributed by atoms with Crippen LogP contribution in [0.2, 0.25) is 0 Å². The number of carbonyl (C=O) groups excluding carboxylic acids is 1. The molecule has 0 bridgehead atoms. The van der Waals surface area contributed by atoms with E-state index in [9.17, 15) is 9.18 Å². The van der Waals surface area contributed by atoms with Crippen molar-refractivity contribution in [2.75, 3.05) is 5.32 Å². The van der Waals surface area contributed by atoms with Gasteiger partial charge in [-0.1, -0.05) is 42.5 Å². The van der Waals surface area contributed by atoms with Crippen LogP contribution in [-0.4, -0.2) is 36.0 Å². The van der Waals surface area contributed by atoms with E-state index < -0.39 is 0 Å². The zero-order chi connectivity index (χ0) is 27.8. The maximum Gasteiger partial charge on any atom is 0.228 e. The lowest BCUT2D eigenvalue weighted by Crippen LogP contribution is -2.14. The lowest BCUT2D eigenvalue weighted by molar-refractivity contribution is -0.115. The first kappa shape index (κ1) is 24.3. The Hall–Kier alpha value is -5.70. The van der Waals surface area contributed by atoms with Gasteiger partial charge in [-0.15, -0.1) is 0 Å². The number of hydrogen-bond acceptors (Lipinski definition) is 5. The number of carbonyl (C=O) groups is 1. The van der Waals surface area contributed by atoms with Crippen LogP contribution < -0.4 is 5.32 Å². The molecular formula is C32H22FN7O. The maximum atomic E-state index is 13.9. The Morgan fingerprint density at radius 1 is 0.854 bits per heavy atom. The van der Waals surface area contributed by atoms with E-state index in [0.717, 1.165) is 33.2 Å². The number of rotatable bonds is 6. The maximum absolute atomic E-state index is 13.9. The highest BCUT2D eigenvalue weighted by molar-refractivity contribution is 5.99. The summed E-state index contributed by atoms with van der Waals surface area (Å²) < 4.78 is 13.9. The third-order valence-electron chi connectivity index (χ3n) is 6.83. The Bertz CT molecular complexity index is 2050. The number of pyridine rings is 3. The van der Waals surface area contributed by atoms with Crippen molar-refractivity contribution in [1.29, 1.82) is 0 Å². The van der Waals surface area contributed by atoms with Crippen molar-refractivity contribution in [3.63, 3.8) is 0 Å². The molecule has 0 fully saturated rings. The standard InChI is InChI=1S/C32H22FN7O/c33-22-8-4-7-20(14-22)30-24-16-28(37-26(24)11-12-35-30)32-31-27(39-40-32)10-9-25(38-31)21-15-23(18-34-17-21)36-29(41)13-19-5-2-1-3-6-19/h1-12,14-18,37H,13H2,(H,36,41)(H,39,40). The number of benzene rings is 2. The molecule has 5 heterocycles. The number of hydrogen-bond donors (Lipinski definition) is 3. The molecule has 0 aliphatic heterocycles. The summed E-state index contributed by atoms with van der Waals surface area (Å²) in [7, 11) is 0. The van der Waals surface area contributed by atoms with Gasteiger partial charge >= 0.3 is 0 Å². The summed E-state index contributed by atoms with van der Waals surface area (Å²) in [6, 6.07) is 25.4. The number of H-pyrrole nitrogens is 2. The lowest BCUT2D eigenvalue weighted by atomic mass is 10.1. The lowest BCUT2D eigenvalue weighted by Gasteiger charge is -2.07.